The summed E-state index contributed by atoms with van der Waals surface area (Å²) >= 11 is 7.37. The molecule has 0 saturated heterocycles. The first kappa shape index (κ1) is 16.4. The number of aromatic nitrogens is 2. The van der Waals surface area contributed by atoms with Crippen molar-refractivity contribution in [1.29, 1.82) is 0 Å². The molecule has 0 fully saturated rings. The number of carbonyl (C=O) groups is 2. The Morgan fingerprint density at radius 2 is 2.18 bits per heavy atom. The van der Waals surface area contributed by atoms with Crippen LogP contribution in [0.4, 0.5) is 4.79 Å². The average Bonchev–Trinajstić information content (AvgIpc) is 2.89. The molecule has 0 bridgehead atoms. The van der Waals surface area contributed by atoms with Crippen LogP contribution in [0.15, 0.2) is 35.7 Å². The lowest BCUT2D eigenvalue weighted by Gasteiger charge is -2.14. The number of nitrogens with two attached hydrogens (primary N) is 1. The molecule has 0 unspecified atom stereocenters. The molecule has 6 nitrogen and oxygen atoms in total. The second kappa shape index (κ2) is 6.85. The minimum Gasteiger partial charge on any atom is -0.351 e. The van der Waals surface area contributed by atoms with Gasteiger partial charge in [0, 0.05) is 17.4 Å². The molecule has 2 rings (SSSR count). The molecular weight excluding hydrogens is 324 g/mol. The molecule has 3 amide bonds. The topological polar surface area (TPSA) is 90.0 Å². The van der Waals surface area contributed by atoms with E-state index in [1.807, 2.05) is 29.7 Å². The third kappa shape index (κ3) is 3.61. The zero-order valence-electron chi connectivity index (χ0n) is 12.0. The molecule has 1 atom stereocenters. The molecule has 0 aliphatic carbocycles. The zero-order valence-corrected chi connectivity index (χ0v) is 13.6. The number of urea groups is 1. The standard InChI is InChI=1S/C14H15ClN4O2S/c1-8-10(15)4-3-5-11(8)19-7-6-17-14(19)22-9(2)12(20)18-13(16)21/h3-7,9H,1-2H3,(H3,16,18,20,21)/t9-/m1/s1. The minimum absolute atomic E-state index is 0.463. The van der Waals surface area contributed by atoms with Crippen molar-refractivity contribution in [3.05, 3.63) is 41.2 Å². The van der Waals surface area contributed by atoms with Crippen molar-refractivity contribution in [1.82, 2.24) is 14.9 Å². The monoisotopic (exact) mass is 338 g/mol. The van der Waals surface area contributed by atoms with Crippen molar-refractivity contribution in [2.45, 2.75) is 24.3 Å². The summed E-state index contributed by atoms with van der Waals surface area (Å²) in [4.78, 5) is 26.7. The first-order chi connectivity index (χ1) is 10.4. The molecule has 22 heavy (non-hydrogen) atoms. The first-order valence-corrected chi connectivity index (χ1v) is 7.71. The Morgan fingerprint density at radius 3 is 2.86 bits per heavy atom. The van der Waals surface area contributed by atoms with Crippen LogP contribution in [0, 0.1) is 6.92 Å². The van der Waals surface area contributed by atoms with Gasteiger partial charge in [0.05, 0.1) is 10.9 Å². The summed E-state index contributed by atoms with van der Waals surface area (Å²) < 4.78 is 1.85. The van der Waals surface area contributed by atoms with Gasteiger partial charge in [-0.3, -0.25) is 14.7 Å². The number of amides is 3. The van der Waals surface area contributed by atoms with Crippen LogP contribution in [0.5, 0.6) is 0 Å². The quantitative estimate of drug-likeness (QED) is 0.838. The molecule has 116 valence electrons. The van der Waals surface area contributed by atoms with Crippen LogP contribution in [0.25, 0.3) is 5.69 Å². The van der Waals surface area contributed by atoms with E-state index in [9.17, 15) is 9.59 Å². The minimum atomic E-state index is -0.869. The normalized spacial score (nSPS) is 12.0. The molecule has 3 N–H and O–H groups in total. The molecule has 0 aliphatic heterocycles. The fraction of sp³-hybridized carbons (Fsp3) is 0.214. The van der Waals surface area contributed by atoms with E-state index in [1.165, 1.54) is 11.8 Å². The van der Waals surface area contributed by atoms with Gasteiger partial charge < -0.3 is 5.73 Å². The number of halogens is 1. The van der Waals surface area contributed by atoms with Gasteiger partial charge in [0.25, 0.3) is 0 Å². The van der Waals surface area contributed by atoms with Crippen LogP contribution in [-0.2, 0) is 4.79 Å². The Bertz CT molecular complexity index is 717. The lowest BCUT2D eigenvalue weighted by atomic mass is 10.2. The van der Waals surface area contributed by atoms with E-state index in [1.54, 1.807) is 19.3 Å². The van der Waals surface area contributed by atoms with E-state index in [0.29, 0.717) is 10.2 Å². The van der Waals surface area contributed by atoms with Gasteiger partial charge in [-0.25, -0.2) is 9.78 Å². The molecule has 8 heteroatoms. The smallest absolute Gasteiger partial charge is 0.318 e. The Labute approximate surface area is 137 Å². The van der Waals surface area contributed by atoms with Crippen molar-refractivity contribution >= 4 is 35.3 Å². The highest BCUT2D eigenvalue weighted by Gasteiger charge is 2.19. The van der Waals surface area contributed by atoms with E-state index in [0.717, 1.165) is 11.3 Å². The molecule has 1 aromatic carbocycles. The number of hydrogen-bond acceptors (Lipinski definition) is 4. The average molecular weight is 339 g/mol. The van der Waals surface area contributed by atoms with Crippen molar-refractivity contribution in [3.63, 3.8) is 0 Å². The summed E-state index contributed by atoms with van der Waals surface area (Å²) in [6, 6.07) is 4.71. The van der Waals surface area contributed by atoms with Gasteiger partial charge in [0.1, 0.15) is 0 Å². The number of thioether (sulfide) groups is 1. The van der Waals surface area contributed by atoms with Gasteiger partial charge >= 0.3 is 6.03 Å². The van der Waals surface area contributed by atoms with Gasteiger partial charge in [-0.1, -0.05) is 29.4 Å². The third-order valence-electron chi connectivity index (χ3n) is 3.00. The van der Waals surface area contributed by atoms with E-state index >= 15 is 0 Å². The number of rotatable bonds is 4. The predicted octanol–water partition coefficient (Wildman–Crippen LogP) is 2.51. The largest absolute Gasteiger partial charge is 0.351 e. The van der Waals surface area contributed by atoms with E-state index in [2.05, 4.69) is 10.3 Å². The van der Waals surface area contributed by atoms with Crippen LogP contribution in [0.3, 0.4) is 0 Å². The van der Waals surface area contributed by atoms with Gasteiger partial charge in [-0.05, 0) is 31.5 Å². The van der Waals surface area contributed by atoms with Crippen LogP contribution in [0.1, 0.15) is 12.5 Å². The molecule has 0 saturated carbocycles. The maximum Gasteiger partial charge on any atom is 0.318 e. The Morgan fingerprint density at radius 1 is 1.45 bits per heavy atom. The Hall–Kier alpha value is -1.99. The second-order valence-electron chi connectivity index (χ2n) is 4.58. The molecular formula is C14H15ClN4O2S. The highest BCUT2D eigenvalue weighted by Crippen LogP contribution is 2.28. The fourth-order valence-corrected chi connectivity index (χ4v) is 2.90. The fourth-order valence-electron chi connectivity index (χ4n) is 1.85. The molecule has 0 radical (unpaired) electrons. The number of carbonyl (C=O) groups excluding carboxylic acids is 2. The van der Waals surface area contributed by atoms with Crippen molar-refractivity contribution in [2.24, 2.45) is 5.73 Å². The van der Waals surface area contributed by atoms with E-state index in [-0.39, 0.29) is 0 Å². The molecule has 1 heterocycles. The summed E-state index contributed by atoms with van der Waals surface area (Å²) in [5.74, 6) is -0.463. The summed E-state index contributed by atoms with van der Waals surface area (Å²) in [5.41, 5.74) is 6.75. The van der Waals surface area contributed by atoms with Crippen LogP contribution < -0.4 is 11.1 Å². The number of imide groups is 1. The number of benzene rings is 1. The predicted molar refractivity (Wildman–Crippen MR) is 86.4 cm³/mol. The highest BCUT2D eigenvalue weighted by atomic mass is 35.5. The number of nitrogens with zero attached hydrogens (tertiary/aromatic N) is 2. The van der Waals surface area contributed by atoms with Crippen molar-refractivity contribution < 1.29 is 9.59 Å². The van der Waals surface area contributed by atoms with Crippen LogP contribution in [-0.4, -0.2) is 26.7 Å². The lowest BCUT2D eigenvalue weighted by molar-refractivity contribution is -0.119. The maximum absolute atomic E-state index is 11.8. The SMILES string of the molecule is Cc1c(Cl)cccc1-n1ccnc1S[C@H](C)C(=O)NC(N)=O. The van der Waals surface area contributed by atoms with Crippen molar-refractivity contribution in [3.8, 4) is 5.69 Å². The number of primary amides is 1. The molecule has 2 aromatic rings. The van der Waals surface area contributed by atoms with E-state index < -0.39 is 17.2 Å². The summed E-state index contributed by atoms with van der Waals surface area (Å²) in [6.07, 6.45) is 3.43. The van der Waals surface area contributed by atoms with Gasteiger partial charge in [-0.15, -0.1) is 0 Å². The summed E-state index contributed by atoms with van der Waals surface area (Å²) in [5, 5.41) is 2.81. The van der Waals surface area contributed by atoms with Gasteiger partial charge in [0.2, 0.25) is 5.91 Å². The van der Waals surface area contributed by atoms with Gasteiger partial charge in [0.15, 0.2) is 5.16 Å². The van der Waals surface area contributed by atoms with Crippen molar-refractivity contribution in [2.75, 3.05) is 0 Å². The maximum atomic E-state index is 11.8. The molecule has 0 aliphatic rings. The Kier molecular flexibility index (Phi) is 5.10. The third-order valence-corrected chi connectivity index (χ3v) is 4.49. The molecule has 1 aromatic heterocycles. The number of nitrogens with one attached hydrogen (secondary N) is 1. The Balaban J connectivity index is 2.25. The van der Waals surface area contributed by atoms with Gasteiger partial charge in [-0.2, -0.15) is 0 Å². The first-order valence-electron chi connectivity index (χ1n) is 6.46. The number of hydrogen-bond donors (Lipinski definition) is 2. The lowest BCUT2D eigenvalue weighted by Crippen LogP contribution is -2.39. The number of imidazole rings is 1. The highest BCUT2D eigenvalue weighted by molar-refractivity contribution is 8.00. The van der Waals surface area contributed by atoms with E-state index in [4.69, 9.17) is 17.3 Å². The summed E-state index contributed by atoms with van der Waals surface area (Å²) in [7, 11) is 0. The summed E-state index contributed by atoms with van der Waals surface area (Å²) in [6.45, 7) is 3.59. The van der Waals surface area contributed by atoms with Crippen LogP contribution in [0.2, 0.25) is 5.02 Å². The zero-order chi connectivity index (χ0) is 16.3. The molecule has 0 spiro atoms. The second-order valence-corrected chi connectivity index (χ2v) is 6.29. The van der Waals surface area contributed by atoms with Crippen LogP contribution >= 0.6 is 23.4 Å².